The van der Waals surface area contributed by atoms with Gasteiger partial charge in [0.25, 0.3) is 0 Å². The molecule has 3 aromatic rings. The molecule has 7 heteroatoms. The molecule has 156 valence electrons. The third kappa shape index (κ3) is 5.03. The number of amides is 2. The molecule has 2 N–H and O–H groups in total. The van der Waals surface area contributed by atoms with E-state index in [0.29, 0.717) is 12.4 Å². The molecule has 30 heavy (non-hydrogen) atoms. The van der Waals surface area contributed by atoms with Gasteiger partial charge in [-0.05, 0) is 52.8 Å². The first-order chi connectivity index (χ1) is 14.7. The Morgan fingerprint density at radius 1 is 0.933 bits per heavy atom. The highest BCUT2D eigenvalue weighted by Gasteiger charge is 2.32. The van der Waals surface area contributed by atoms with Crippen LogP contribution in [0.4, 0.5) is 4.79 Å². The quantitative estimate of drug-likeness (QED) is 0.629. The molecule has 0 bridgehead atoms. The minimum atomic E-state index is -0.185. The third-order valence-corrected chi connectivity index (χ3v) is 5.90. The molecule has 1 saturated carbocycles. The summed E-state index contributed by atoms with van der Waals surface area (Å²) in [4.78, 5) is 12.5. The summed E-state index contributed by atoms with van der Waals surface area (Å²) in [6.07, 6.45) is 7.03. The molecule has 1 aromatic heterocycles. The van der Waals surface area contributed by atoms with Crippen LogP contribution in [0.15, 0.2) is 60.7 Å². The maximum absolute atomic E-state index is 12.5. The fraction of sp³-hybridized carbons (Fsp3) is 0.391. The van der Waals surface area contributed by atoms with E-state index in [-0.39, 0.29) is 18.0 Å². The zero-order chi connectivity index (χ0) is 20.7. The Bertz CT molecular complexity index is 935. The average Bonchev–Trinajstić information content (AvgIpc) is 3.27. The molecule has 0 radical (unpaired) electrons. The molecular weight excluding hydrogens is 376 g/mol. The summed E-state index contributed by atoms with van der Waals surface area (Å²) < 4.78 is 1.64. The summed E-state index contributed by atoms with van der Waals surface area (Å²) in [5.41, 5.74) is 2.33. The molecule has 4 rings (SSSR count). The summed E-state index contributed by atoms with van der Waals surface area (Å²) in [6, 6.07) is 20.0. The molecule has 1 heterocycles. The van der Waals surface area contributed by atoms with E-state index in [0.717, 1.165) is 24.9 Å². The Morgan fingerprint density at radius 3 is 2.37 bits per heavy atom. The highest BCUT2D eigenvalue weighted by atomic mass is 16.2. The van der Waals surface area contributed by atoms with E-state index < -0.39 is 0 Å². The van der Waals surface area contributed by atoms with Gasteiger partial charge in [0.05, 0.1) is 12.2 Å². The van der Waals surface area contributed by atoms with Crippen molar-refractivity contribution in [1.29, 1.82) is 0 Å². The van der Waals surface area contributed by atoms with Crippen molar-refractivity contribution in [3.8, 4) is 5.69 Å². The smallest absolute Gasteiger partial charge is 0.315 e. The summed E-state index contributed by atoms with van der Waals surface area (Å²) in [5, 5.41) is 17.8. The van der Waals surface area contributed by atoms with Crippen molar-refractivity contribution in [2.24, 2.45) is 5.41 Å². The van der Waals surface area contributed by atoms with Crippen LogP contribution in [0.1, 0.15) is 43.5 Å². The van der Waals surface area contributed by atoms with Gasteiger partial charge < -0.3 is 10.6 Å². The number of para-hydroxylation sites is 1. The predicted octanol–water partition coefficient (Wildman–Crippen LogP) is 3.65. The third-order valence-electron chi connectivity index (χ3n) is 5.90. The number of tetrazole rings is 1. The van der Waals surface area contributed by atoms with Gasteiger partial charge in [0.15, 0.2) is 5.82 Å². The van der Waals surface area contributed by atoms with Crippen molar-refractivity contribution >= 4 is 6.03 Å². The Labute approximate surface area is 176 Å². The topological polar surface area (TPSA) is 84.7 Å². The molecule has 0 unspecified atom stereocenters. The number of carbonyl (C=O) groups is 1. The molecule has 7 nitrogen and oxygen atoms in total. The SMILES string of the molecule is O=C(NCc1nnnn1-c1ccccc1)NCC1(Cc2ccccc2)CCCCC1. The number of hydrogen-bond donors (Lipinski definition) is 2. The lowest BCUT2D eigenvalue weighted by Gasteiger charge is -2.37. The number of nitrogens with zero attached hydrogens (tertiary/aromatic N) is 4. The average molecular weight is 405 g/mol. The van der Waals surface area contributed by atoms with E-state index in [1.807, 2.05) is 36.4 Å². The minimum absolute atomic E-state index is 0.128. The number of aromatic nitrogens is 4. The van der Waals surface area contributed by atoms with Crippen molar-refractivity contribution in [1.82, 2.24) is 30.8 Å². The first-order valence-electron chi connectivity index (χ1n) is 10.6. The fourth-order valence-electron chi connectivity index (χ4n) is 4.32. The van der Waals surface area contributed by atoms with Gasteiger partial charge in [-0.1, -0.05) is 67.8 Å². The lowest BCUT2D eigenvalue weighted by molar-refractivity contribution is 0.178. The van der Waals surface area contributed by atoms with Gasteiger partial charge in [-0.15, -0.1) is 5.10 Å². The van der Waals surface area contributed by atoms with Gasteiger partial charge in [-0.2, -0.15) is 4.68 Å². The first-order valence-corrected chi connectivity index (χ1v) is 10.6. The number of benzene rings is 2. The summed E-state index contributed by atoms with van der Waals surface area (Å²) in [5.74, 6) is 0.591. The standard InChI is InChI=1S/C23H28N6O/c30-22(24-17-21-26-27-28-29(21)20-12-6-2-7-13-20)25-18-23(14-8-3-9-15-23)16-19-10-4-1-5-11-19/h1-2,4-7,10-13H,3,8-9,14-18H2,(H2,24,25,30). The zero-order valence-corrected chi connectivity index (χ0v) is 17.1. The van der Waals surface area contributed by atoms with E-state index in [9.17, 15) is 4.79 Å². The van der Waals surface area contributed by atoms with E-state index in [1.54, 1.807) is 4.68 Å². The van der Waals surface area contributed by atoms with Crippen LogP contribution in [-0.4, -0.2) is 32.8 Å². The molecular formula is C23H28N6O. The summed E-state index contributed by atoms with van der Waals surface area (Å²) >= 11 is 0. The second kappa shape index (κ2) is 9.52. The van der Waals surface area contributed by atoms with Crippen molar-refractivity contribution in [2.45, 2.75) is 45.1 Å². The molecule has 2 amide bonds. The number of nitrogens with one attached hydrogen (secondary N) is 2. The molecule has 0 atom stereocenters. The molecule has 1 aliphatic carbocycles. The van der Waals surface area contributed by atoms with Crippen LogP contribution in [0, 0.1) is 5.41 Å². The first kappa shape index (κ1) is 20.1. The summed E-state index contributed by atoms with van der Waals surface area (Å²) in [6.45, 7) is 0.941. The van der Waals surface area contributed by atoms with Crippen molar-refractivity contribution in [2.75, 3.05) is 6.54 Å². The largest absolute Gasteiger partial charge is 0.338 e. The van der Waals surface area contributed by atoms with E-state index in [1.165, 1.54) is 24.8 Å². The van der Waals surface area contributed by atoms with Gasteiger partial charge in [-0.25, -0.2) is 4.79 Å². The highest BCUT2D eigenvalue weighted by molar-refractivity contribution is 5.73. The van der Waals surface area contributed by atoms with Crippen molar-refractivity contribution < 1.29 is 4.79 Å². The molecule has 1 aliphatic rings. The molecule has 2 aromatic carbocycles. The van der Waals surface area contributed by atoms with Gasteiger partial charge in [0.1, 0.15) is 0 Å². The van der Waals surface area contributed by atoms with Crippen molar-refractivity contribution in [3.63, 3.8) is 0 Å². The van der Waals surface area contributed by atoms with Gasteiger partial charge in [0.2, 0.25) is 0 Å². The molecule has 0 saturated heterocycles. The van der Waals surface area contributed by atoms with Crippen LogP contribution in [0.5, 0.6) is 0 Å². The van der Waals surface area contributed by atoms with E-state index in [4.69, 9.17) is 0 Å². The molecule has 0 aliphatic heterocycles. The van der Waals surface area contributed by atoms with E-state index in [2.05, 4.69) is 50.4 Å². The van der Waals surface area contributed by atoms with E-state index >= 15 is 0 Å². The maximum atomic E-state index is 12.5. The lowest BCUT2D eigenvalue weighted by atomic mass is 9.70. The Hall–Kier alpha value is -3.22. The molecule has 1 fully saturated rings. The highest BCUT2D eigenvalue weighted by Crippen LogP contribution is 2.38. The number of hydrogen-bond acceptors (Lipinski definition) is 4. The normalized spacial score (nSPS) is 15.5. The van der Waals surface area contributed by atoms with Crippen LogP contribution in [0.3, 0.4) is 0 Å². The van der Waals surface area contributed by atoms with Crippen LogP contribution >= 0.6 is 0 Å². The van der Waals surface area contributed by atoms with Crippen molar-refractivity contribution in [3.05, 3.63) is 72.1 Å². The Balaban J connectivity index is 1.34. The summed E-state index contributed by atoms with van der Waals surface area (Å²) in [7, 11) is 0. The Morgan fingerprint density at radius 2 is 1.63 bits per heavy atom. The number of carbonyl (C=O) groups excluding carboxylic acids is 1. The van der Waals surface area contributed by atoms with Crippen LogP contribution in [-0.2, 0) is 13.0 Å². The van der Waals surface area contributed by atoms with Crippen LogP contribution in [0.2, 0.25) is 0 Å². The zero-order valence-electron chi connectivity index (χ0n) is 17.1. The van der Waals surface area contributed by atoms with Gasteiger partial charge >= 0.3 is 6.03 Å². The molecule has 0 spiro atoms. The monoisotopic (exact) mass is 404 g/mol. The Kier molecular flexibility index (Phi) is 6.37. The number of rotatable bonds is 7. The lowest BCUT2D eigenvalue weighted by Crippen LogP contribution is -2.44. The van der Waals surface area contributed by atoms with Crippen LogP contribution < -0.4 is 10.6 Å². The maximum Gasteiger partial charge on any atom is 0.315 e. The van der Waals surface area contributed by atoms with Crippen LogP contribution in [0.25, 0.3) is 5.69 Å². The number of urea groups is 1. The second-order valence-electron chi connectivity index (χ2n) is 8.10. The van der Waals surface area contributed by atoms with Gasteiger partial charge in [-0.3, -0.25) is 0 Å². The minimum Gasteiger partial charge on any atom is -0.338 e. The second-order valence-corrected chi connectivity index (χ2v) is 8.10. The predicted molar refractivity (Wildman–Crippen MR) is 115 cm³/mol. The fourth-order valence-corrected chi connectivity index (χ4v) is 4.32. The van der Waals surface area contributed by atoms with Gasteiger partial charge in [0, 0.05) is 6.54 Å².